The maximum Gasteiger partial charge on any atom is 0.573 e. The number of pyridine rings is 1. The molecule has 2 aromatic rings. The quantitative estimate of drug-likeness (QED) is 0.835. The van der Waals surface area contributed by atoms with Crippen LogP contribution in [0.5, 0.6) is 5.75 Å². The van der Waals surface area contributed by atoms with E-state index in [1.165, 1.54) is 31.6 Å². The van der Waals surface area contributed by atoms with Crippen molar-refractivity contribution in [3.63, 3.8) is 0 Å². The molecule has 5 nitrogen and oxygen atoms in total. The Bertz CT molecular complexity index is 764. The number of nitrogens with zero attached hydrogens (tertiary/aromatic N) is 2. The first-order chi connectivity index (χ1) is 10.7. The van der Waals surface area contributed by atoms with Crippen LogP contribution >= 0.6 is 0 Å². The summed E-state index contributed by atoms with van der Waals surface area (Å²) in [5.74, 6) is -0.587. The van der Waals surface area contributed by atoms with E-state index < -0.39 is 22.1 Å². The minimum absolute atomic E-state index is 0.0647. The fourth-order valence-corrected chi connectivity index (χ4v) is 3.04. The molecule has 0 radical (unpaired) electrons. The van der Waals surface area contributed by atoms with Crippen LogP contribution in [-0.4, -0.2) is 31.1 Å². The lowest BCUT2D eigenvalue weighted by Gasteiger charge is -2.18. The molecular formula is C14H13F3N2O3S. The van der Waals surface area contributed by atoms with Crippen molar-refractivity contribution in [1.29, 1.82) is 0 Å². The summed E-state index contributed by atoms with van der Waals surface area (Å²) in [5.41, 5.74) is 0.703. The van der Waals surface area contributed by atoms with Crippen molar-refractivity contribution < 1.29 is 26.3 Å². The van der Waals surface area contributed by atoms with E-state index in [-0.39, 0.29) is 11.4 Å². The molecule has 0 aliphatic heterocycles. The third-order valence-electron chi connectivity index (χ3n) is 2.90. The third-order valence-corrected chi connectivity index (χ3v) is 4.70. The summed E-state index contributed by atoms with van der Waals surface area (Å²) in [4.78, 5) is 3.55. The van der Waals surface area contributed by atoms with E-state index in [1.807, 2.05) is 0 Å². The average Bonchev–Trinajstić information content (AvgIpc) is 2.46. The zero-order valence-corrected chi connectivity index (χ0v) is 12.8. The van der Waals surface area contributed by atoms with Gasteiger partial charge < -0.3 is 4.74 Å². The number of aromatic nitrogens is 1. The summed E-state index contributed by atoms with van der Waals surface area (Å²) in [7, 11) is -2.61. The molecule has 23 heavy (non-hydrogen) atoms. The number of alkyl halides is 3. The van der Waals surface area contributed by atoms with Gasteiger partial charge in [0.05, 0.1) is 4.90 Å². The minimum atomic E-state index is -4.88. The van der Waals surface area contributed by atoms with Gasteiger partial charge in [-0.1, -0.05) is 6.07 Å². The van der Waals surface area contributed by atoms with E-state index >= 15 is 0 Å². The molecule has 0 unspecified atom stereocenters. The van der Waals surface area contributed by atoms with Crippen molar-refractivity contribution >= 4 is 10.0 Å². The first kappa shape index (κ1) is 17.2. The lowest BCUT2D eigenvalue weighted by Crippen LogP contribution is -2.26. The summed E-state index contributed by atoms with van der Waals surface area (Å²) < 4.78 is 66.3. The Morgan fingerprint density at radius 1 is 1.17 bits per heavy atom. The lowest BCUT2D eigenvalue weighted by molar-refractivity contribution is -0.274. The maximum absolute atomic E-state index is 12.4. The van der Waals surface area contributed by atoms with Crippen LogP contribution in [-0.2, 0) is 16.6 Å². The topological polar surface area (TPSA) is 59.5 Å². The number of hydrogen-bond donors (Lipinski definition) is 0. The molecule has 2 rings (SSSR count). The highest BCUT2D eigenvalue weighted by atomic mass is 32.2. The highest BCUT2D eigenvalue weighted by Crippen LogP contribution is 2.26. The number of hydrogen-bond acceptors (Lipinski definition) is 4. The van der Waals surface area contributed by atoms with Crippen LogP contribution in [0.2, 0.25) is 0 Å². The SMILES string of the molecule is CN(Cc1ccncc1)S(=O)(=O)c1cccc(OC(F)(F)F)c1. The highest BCUT2D eigenvalue weighted by molar-refractivity contribution is 7.89. The van der Waals surface area contributed by atoms with Crippen molar-refractivity contribution in [1.82, 2.24) is 9.29 Å². The highest BCUT2D eigenvalue weighted by Gasteiger charge is 2.31. The van der Waals surface area contributed by atoms with Crippen molar-refractivity contribution in [2.45, 2.75) is 17.8 Å². The fourth-order valence-electron chi connectivity index (χ4n) is 1.84. The smallest absolute Gasteiger partial charge is 0.406 e. The van der Waals surface area contributed by atoms with Crippen LogP contribution in [0, 0.1) is 0 Å². The summed E-state index contributed by atoms with van der Waals surface area (Å²) in [5, 5.41) is 0. The number of rotatable bonds is 5. The zero-order chi connectivity index (χ0) is 17.1. The Kier molecular flexibility index (Phi) is 4.90. The summed E-state index contributed by atoms with van der Waals surface area (Å²) >= 11 is 0. The number of halogens is 3. The zero-order valence-electron chi connectivity index (χ0n) is 12.0. The summed E-state index contributed by atoms with van der Waals surface area (Å²) in [6.45, 7) is 0.0647. The fraction of sp³-hybridized carbons (Fsp3) is 0.214. The molecule has 0 spiro atoms. The monoisotopic (exact) mass is 346 g/mol. The minimum Gasteiger partial charge on any atom is -0.406 e. The van der Waals surface area contributed by atoms with Gasteiger partial charge in [0, 0.05) is 32.1 Å². The molecule has 0 atom stereocenters. The van der Waals surface area contributed by atoms with Gasteiger partial charge in [0.2, 0.25) is 10.0 Å². The van der Waals surface area contributed by atoms with Crippen LogP contribution in [0.4, 0.5) is 13.2 Å². The van der Waals surface area contributed by atoms with Crippen LogP contribution in [0.15, 0.2) is 53.7 Å². The van der Waals surface area contributed by atoms with E-state index in [2.05, 4.69) is 9.72 Å². The molecule has 0 fully saturated rings. The van der Waals surface area contributed by atoms with Gasteiger partial charge in [-0.25, -0.2) is 8.42 Å². The lowest BCUT2D eigenvalue weighted by atomic mass is 10.3. The average molecular weight is 346 g/mol. The van der Waals surface area contributed by atoms with Gasteiger partial charge in [0.15, 0.2) is 0 Å². The molecule has 0 N–H and O–H groups in total. The Balaban J connectivity index is 2.23. The van der Waals surface area contributed by atoms with Crippen molar-refractivity contribution in [2.24, 2.45) is 0 Å². The van der Waals surface area contributed by atoms with Crippen LogP contribution in [0.25, 0.3) is 0 Å². The molecule has 0 aliphatic carbocycles. The molecule has 0 aliphatic rings. The standard InChI is InChI=1S/C14H13F3N2O3S/c1-19(10-11-5-7-18-8-6-11)23(20,21)13-4-2-3-12(9-13)22-14(15,16)17/h2-9H,10H2,1H3. The van der Waals surface area contributed by atoms with Crippen molar-refractivity contribution in [3.8, 4) is 5.75 Å². The van der Waals surface area contributed by atoms with E-state index in [4.69, 9.17) is 0 Å². The Morgan fingerprint density at radius 2 is 1.83 bits per heavy atom. The molecule has 124 valence electrons. The number of benzene rings is 1. The van der Waals surface area contributed by atoms with Crippen LogP contribution in [0.1, 0.15) is 5.56 Å². The van der Waals surface area contributed by atoms with Gasteiger partial charge >= 0.3 is 6.36 Å². The number of ether oxygens (including phenoxy) is 1. The molecule has 0 bridgehead atoms. The molecule has 0 saturated heterocycles. The van der Waals surface area contributed by atoms with E-state index in [1.54, 1.807) is 12.1 Å². The maximum atomic E-state index is 12.4. The normalized spacial score (nSPS) is 12.4. The van der Waals surface area contributed by atoms with E-state index in [0.29, 0.717) is 5.56 Å². The first-order valence-corrected chi connectivity index (χ1v) is 7.83. The molecule has 1 aromatic heterocycles. The number of sulfonamides is 1. The second-order valence-corrected chi connectivity index (χ2v) is 6.68. The Morgan fingerprint density at radius 3 is 2.43 bits per heavy atom. The molecule has 1 aromatic carbocycles. The third kappa shape index (κ3) is 4.67. The predicted molar refractivity (Wildman–Crippen MR) is 76.0 cm³/mol. The van der Waals surface area contributed by atoms with Gasteiger partial charge in [-0.3, -0.25) is 4.98 Å². The van der Waals surface area contributed by atoms with Gasteiger partial charge in [-0.2, -0.15) is 4.31 Å². The van der Waals surface area contributed by atoms with Gasteiger partial charge in [0.25, 0.3) is 0 Å². The molecule has 0 saturated carbocycles. The van der Waals surface area contributed by atoms with E-state index in [9.17, 15) is 21.6 Å². The van der Waals surface area contributed by atoms with Crippen LogP contribution in [0.3, 0.4) is 0 Å². The van der Waals surface area contributed by atoms with Gasteiger partial charge in [-0.15, -0.1) is 13.2 Å². The molecule has 1 heterocycles. The summed E-state index contributed by atoms with van der Waals surface area (Å²) in [6, 6.07) is 7.57. The summed E-state index contributed by atoms with van der Waals surface area (Å²) in [6.07, 6.45) is -1.84. The van der Waals surface area contributed by atoms with Gasteiger partial charge in [0.1, 0.15) is 5.75 Å². The van der Waals surface area contributed by atoms with Gasteiger partial charge in [-0.05, 0) is 29.8 Å². The Labute approximate surface area is 131 Å². The molecule has 0 amide bonds. The molecular weight excluding hydrogens is 333 g/mol. The second-order valence-electron chi connectivity index (χ2n) is 4.64. The van der Waals surface area contributed by atoms with Crippen molar-refractivity contribution in [3.05, 3.63) is 54.4 Å². The Hall–Kier alpha value is -2.13. The predicted octanol–water partition coefficient (Wildman–Crippen LogP) is 2.80. The largest absolute Gasteiger partial charge is 0.573 e. The first-order valence-electron chi connectivity index (χ1n) is 6.39. The van der Waals surface area contributed by atoms with Crippen LogP contribution < -0.4 is 4.74 Å². The molecule has 9 heteroatoms. The second kappa shape index (κ2) is 6.55. The van der Waals surface area contributed by atoms with Crippen molar-refractivity contribution in [2.75, 3.05) is 7.05 Å². The van der Waals surface area contributed by atoms with E-state index in [0.717, 1.165) is 16.4 Å².